The molecule has 0 saturated carbocycles. The smallest absolute Gasteiger partial charge is 0.269 e. The van der Waals surface area contributed by atoms with Gasteiger partial charge in [0.1, 0.15) is 5.52 Å². The summed E-state index contributed by atoms with van der Waals surface area (Å²) in [5.41, 5.74) is 1.24. The van der Waals surface area contributed by atoms with E-state index in [0.717, 1.165) is 12.1 Å². The summed E-state index contributed by atoms with van der Waals surface area (Å²) >= 11 is 0. The van der Waals surface area contributed by atoms with Crippen LogP contribution < -0.4 is 4.72 Å². The molecule has 0 spiro atoms. The van der Waals surface area contributed by atoms with Crippen LogP contribution in [0.4, 0.5) is 11.4 Å². The predicted octanol–water partition coefficient (Wildman–Crippen LogP) is 2.85. The van der Waals surface area contributed by atoms with Gasteiger partial charge in [-0.1, -0.05) is 0 Å². The second-order valence-electron chi connectivity index (χ2n) is 4.77. The third-order valence-electron chi connectivity index (χ3n) is 3.10. The Kier molecular flexibility index (Phi) is 3.49. The summed E-state index contributed by atoms with van der Waals surface area (Å²) < 4.78 is 32.3. The van der Waals surface area contributed by atoms with Crippen LogP contribution in [0.5, 0.6) is 0 Å². The summed E-state index contributed by atoms with van der Waals surface area (Å²) in [5, 5.41) is 10.6. The van der Waals surface area contributed by atoms with Crippen LogP contribution >= 0.6 is 0 Å². The number of nitro groups is 1. The molecule has 1 heterocycles. The predicted molar refractivity (Wildman–Crippen MR) is 82.7 cm³/mol. The van der Waals surface area contributed by atoms with E-state index in [-0.39, 0.29) is 10.6 Å². The lowest BCUT2D eigenvalue weighted by Gasteiger charge is -2.07. The molecule has 0 bridgehead atoms. The average Bonchev–Trinajstić information content (AvgIpc) is 2.86. The number of aryl methyl sites for hydroxylation is 1. The maximum absolute atomic E-state index is 12.3. The lowest BCUT2D eigenvalue weighted by atomic mass is 10.3. The highest BCUT2D eigenvalue weighted by molar-refractivity contribution is 7.92. The fourth-order valence-corrected chi connectivity index (χ4v) is 3.12. The molecule has 0 atom stereocenters. The van der Waals surface area contributed by atoms with Crippen molar-refractivity contribution in [2.24, 2.45) is 0 Å². The minimum absolute atomic E-state index is 0.0699. The van der Waals surface area contributed by atoms with E-state index in [4.69, 9.17) is 4.42 Å². The van der Waals surface area contributed by atoms with Crippen LogP contribution in [-0.2, 0) is 10.0 Å². The number of benzene rings is 2. The first-order valence-corrected chi connectivity index (χ1v) is 7.98. The number of nitrogens with one attached hydrogen (secondary N) is 1. The minimum Gasteiger partial charge on any atom is -0.441 e. The van der Waals surface area contributed by atoms with Gasteiger partial charge in [0.25, 0.3) is 15.7 Å². The van der Waals surface area contributed by atoms with Gasteiger partial charge in [-0.25, -0.2) is 13.4 Å². The van der Waals surface area contributed by atoms with Crippen molar-refractivity contribution in [1.82, 2.24) is 4.98 Å². The maximum atomic E-state index is 12.3. The van der Waals surface area contributed by atoms with Gasteiger partial charge < -0.3 is 4.42 Å². The van der Waals surface area contributed by atoms with E-state index in [1.165, 1.54) is 12.1 Å². The second kappa shape index (κ2) is 5.36. The van der Waals surface area contributed by atoms with E-state index < -0.39 is 14.9 Å². The Morgan fingerprint density at radius 1 is 1.17 bits per heavy atom. The topological polar surface area (TPSA) is 115 Å². The standard InChI is InChI=1S/C14H11N3O5S/c1-9-15-13-8-10(2-7-14(13)22-9)16-23(20,21)12-5-3-11(4-6-12)17(18)19/h2-8,16H,1H3. The molecule has 3 aromatic rings. The number of hydrogen-bond donors (Lipinski definition) is 1. The van der Waals surface area contributed by atoms with Crippen molar-refractivity contribution in [3.05, 3.63) is 58.5 Å². The summed E-state index contributed by atoms with van der Waals surface area (Å²) in [6, 6.07) is 9.35. The van der Waals surface area contributed by atoms with Crippen LogP contribution in [0.15, 0.2) is 51.8 Å². The van der Waals surface area contributed by atoms with Crippen LogP contribution in [0.2, 0.25) is 0 Å². The highest BCUT2D eigenvalue weighted by atomic mass is 32.2. The molecule has 8 nitrogen and oxygen atoms in total. The van der Waals surface area contributed by atoms with Gasteiger partial charge in [-0.3, -0.25) is 14.8 Å². The monoisotopic (exact) mass is 333 g/mol. The first-order valence-electron chi connectivity index (χ1n) is 6.50. The lowest BCUT2D eigenvalue weighted by Crippen LogP contribution is -2.12. The number of aromatic nitrogens is 1. The van der Waals surface area contributed by atoms with Crippen molar-refractivity contribution in [3.63, 3.8) is 0 Å². The molecule has 2 aromatic carbocycles. The minimum atomic E-state index is -3.85. The van der Waals surface area contributed by atoms with Gasteiger partial charge in [-0.05, 0) is 30.3 Å². The van der Waals surface area contributed by atoms with Crippen molar-refractivity contribution < 1.29 is 17.8 Å². The van der Waals surface area contributed by atoms with Gasteiger partial charge in [0.15, 0.2) is 11.5 Å². The van der Waals surface area contributed by atoms with Gasteiger partial charge in [0.2, 0.25) is 0 Å². The lowest BCUT2D eigenvalue weighted by molar-refractivity contribution is -0.384. The Morgan fingerprint density at radius 2 is 1.87 bits per heavy atom. The molecule has 0 radical (unpaired) electrons. The van der Waals surface area contributed by atoms with E-state index in [9.17, 15) is 18.5 Å². The summed E-state index contributed by atoms with van der Waals surface area (Å²) in [7, 11) is -3.85. The van der Waals surface area contributed by atoms with Crippen LogP contribution in [0, 0.1) is 17.0 Å². The molecule has 0 saturated heterocycles. The van der Waals surface area contributed by atoms with Crippen molar-refractivity contribution >= 4 is 32.5 Å². The SMILES string of the molecule is Cc1nc2cc(NS(=O)(=O)c3ccc([N+](=O)[O-])cc3)ccc2o1. The summed E-state index contributed by atoms with van der Waals surface area (Å²) in [6.45, 7) is 1.70. The number of anilines is 1. The van der Waals surface area contributed by atoms with Gasteiger partial charge >= 0.3 is 0 Å². The Morgan fingerprint density at radius 3 is 2.52 bits per heavy atom. The zero-order valence-electron chi connectivity index (χ0n) is 11.9. The Bertz CT molecular complexity index is 993. The molecule has 1 N–H and O–H groups in total. The normalized spacial score (nSPS) is 11.5. The quantitative estimate of drug-likeness (QED) is 0.580. The first-order chi connectivity index (χ1) is 10.8. The van der Waals surface area contributed by atoms with E-state index in [0.29, 0.717) is 22.7 Å². The largest absolute Gasteiger partial charge is 0.441 e. The van der Waals surface area contributed by atoms with Crippen LogP contribution in [0.1, 0.15) is 5.89 Å². The molecule has 0 unspecified atom stereocenters. The Labute approximate surface area is 131 Å². The number of hydrogen-bond acceptors (Lipinski definition) is 6. The number of sulfonamides is 1. The summed E-state index contributed by atoms with van der Waals surface area (Å²) in [4.78, 5) is 14.1. The maximum Gasteiger partial charge on any atom is 0.269 e. The number of fused-ring (bicyclic) bond motifs is 1. The van der Waals surface area contributed by atoms with E-state index in [1.54, 1.807) is 25.1 Å². The third kappa shape index (κ3) is 2.99. The third-order valence-corrected chi connectivity index (χ3v) is 4.50. The molecule has 0 amide bonds. The number of oxazole rings is 1. The van der Waals surface area contributed by atoms with Crippen LogP contribution in [0.3, 0.4) is 0 Å². The molecule has 1 aromatic heterocycles. The first kappa shape index (κ1) is 15.0. The molecule has 118 valence electrons. The van der Waals surface area contributed by atoms with Crippen molar-refractivity contribution in [3.8, 4) is 0 Å². The van der Waals surface area contributed by atoms with E-state index >= 15 is 0 Å². The fraction of sp³-hybridized carbons (Fsp3) is 0.0714. The molecule has 0 aliphatic heterocycles. The van der Waals surface area contributed by atoms with E-state index in [2.05, 4.69) is 9.71 Å². The fourth-order valence-electron chi connectivity index (χ4n) is 2.07. The molecule has 0 fully saturated rings. The van der Waals surface area contributed by atoms with Crippen molar-refractivity contribution in [2.45, 2.75) is 11.8 Å². The zero-order valence-corrected chi connectivity index (χ0v) is 12.7. The molecular formula is C14H11N3O5S. The Balaban J connectivity index is 1.90. The van der Waals surface area contributed by atoms with Gasteiger partial charge in [-0.15, -0.1) is 0 Å². The summed E-state index contributed by atoms with van der Waals surface area (Å²) in [5.74, 6) is 0.482. The van der Waals surface area contributed by atoms with E-state index in [1.807, 2.05) is 0 Å². The highest BCUT2D eigenvalue weighted by Crippen LogP contribution is 2.23. The number of rotatable bonds is 4. The summed E-state index contributed by atoms with van der Waals surface area (Å²) in [6.07, 6.45) is 0. The van der Waals surface area contributed by atoms with Gasteiger partial charge in [-0.2, -0.15) is 0 Å². The average molecular weight is 333 g/mol. The highest BCUT2D eigenvalue weighted by Gasteiger charge is 2.16. The Hall–Kier alpha value is -2.94. The molecule has 23 heavy (non-hydrogen) atoms. The number of nitrogens with zero attached hydrogens (tertiary/aromatic N) is 2. The van der Waals surface area contributed by atoms with Crippen LogP contribution in [0.25, 0.3) is 11.1 Å². The van der Waals surface area contributed by atoms with Gasteiger partial charge in [0.05, 0.1) is 15.5 Å². The van der Waals surface area contributed by atoms with Crippen LogP contribution in [-0.4, -0.2) is 18.3 Å². The second-order valence-corrected chi connectivity index (χ2v) is 6.45. The molecule has 9 heteroatoms. The molecule has 0 aliphatic rings. The van der Waals surface area contributed by atoms with Crippen molar-refractivity contribution in [1.29, 1.82) is 0 Å². The number of nitro benzene ring substituents is 1. The molecule has 3 rings (SSSR count). The zero-order chi connectivity index (χ0) is 16.6. The molecule has 0 aliphatic carbocycles. The van der Waals surface area contributed by atoms with Crippen molar-refractivity contribution in [2.75, 3.05) is 4.72 Å². The number of non-ortho nitro benzene ring substituents is 1. The van der Waals surface area contributed by atoms with Gasteiger partial charge in [0, 0.05) is 19.1 Å². The molecular weight excluding hydrogens is 322 g/mol.